The van der Waals surface area contributed by atoms with Gasteiger partial charge >= 0.3 is 0 Å². The van der Waals surface area contributed by atoms with Crippen molar-refractivity contribution in [3.8, 4) is 0 Å². The number of thiocarbonyl (C=S) groups is 1. The van der Waals surface area contributed by atoms with Crippen molar-refractivity contribution in [3.63, 3.8) is 0 Å². The molecule has 1 unspecified atom stereocenters. The largest absolute Gasteiger partial charge is 0.251 e. The smallest absolute Gasteiger partial charge is 0.151 e. The van der Waals surface area contributed by atoms with E-state index < -0.39 is 0 Å². The highest BCUT2D eigenvalue weighted by molar-refractivity contribution is 7.78. The van der Waals surface area contributed by atoms with Gasteiger partial charge in [-0.15, -0.1) is 0 Å². The molecule has 1 aromatic rings. The van der Waals surface area contributed by atoms with Crippen LogP contribution in [-0.4, -0.2) is 19.9 Å². The summed E-state index contributed by atoms with van der Waals surface area (Å²) in [6, 6.07) is -0.0556. The van der Waals surface area contributed by atoms with Crippen LogP contribution in [0.1, 0.15) is 18.8 Å². The number of aliphatic imine (C=N–C) groups is 1. The molecule has 0 aliphatic carbocycles. The van der Waals surface area contributed by atoms with Crippen LogP contribution in [0, 0.1) is 0 Å². The Balaban J connectivity index is 2.92. The molecule has 1 atom stereocenters. The fourth-order valence-electron chi connectivity index (χ4n) is 0.820. The second kappa shape index (κ2) is 3.37. The summed E-state index contributed by atoms with van der Waals surface area (Å²) in [5.41, 5.74) is 0. The molecule has 0 fully saturated rings. The minimum absolute atomic E-state index is 0.0556. The van der Waals surface area contributed by atoms with Gasteiger partial charge in [0.15, 0.2) is 5.82 Å². The van der Waals surface area contributed by atoms with Gasteiger partial charge in [-0.2, -0.15) is 5.10 Å². The molecule has 1 heterocycles. The first-order chi connectivity index (χ1) is 5.25. The second-order valence-electron chi connectivity index (χ2n) is 2.14. The number of aromatic nitrogens is 3. The van der Waals surface area contributed by atoms with Crippen molar-refractivity contribution in [2.45, 2.75) is 13.0 Å². The molecular formula is C6H8N4S. The summed E-state index contributed by atoms with van der Waals surface area (Å²) < 4.78 is 1.67. The lowest BCUT2D eigenvalue weighted by atomic mass is 10.3. The summed E-state index contributed by atoms with van der Waals surface area (Å²) in [7, 11) is 1.82. The molecule has 0 N–H and O–H groups in total. The fourth-order valence-corrected chi connectivity index (χ4v) is 0.978. The molecule has 0 spiro atoms. The monoisotopic (exact) mass is 168 g/mol. The van der Waals surface area contributed by atoms with E-state index in [1.165, 1.54) is 6.33 Å². The number of rotatable bonds is 2. The van der Waals surface area contributed by atoms with Gasteiger partial charge in [-0.1, -0.05) is 0 Å². The fraction of sp³-hybridized carbons (Fsp3) is 0.500. The van der Waals surface area contributed by atoms with Gasteiger partial charge in [-0.25, -0.2) is 9.98 Å². The third-order valence-corrected chi connectivity index (χ3v) is 1.47. The van der Waals surface area contributed by atoms with Crippen molar-refractivity contribution in [1.82, 2.24) is 14.8 Å². The number of isothiocyanates is 1. The van der Waals surface area contributed by atoms with E-state index in [1.54, 1.807) is 4.68 Å². The molecule has 58 valence electrons. The zero-order valence-corrected chi connectivity index (χ0v) is 7.17. The maximum absolute atomic E-state index is 4.47. The average molecular weight is 168 g/mol. The predicted molar refractivity (Wildman–Crippen MR) is 44.4 cm³/mol. The topological polar surface area (TPSA) is 43.1 Å². The first kappa shape index (κ1) is 8.04. The van der Waals surface area contributed by atoms with E-state index in [1.807, 2.05) is 14.0 Å². The van der Waals surface area contributed by atoms with Crippen molar-refractivity contribution in [1.29, 1.82) is 0 Å². The summed E-state index contributed by atoms with van der Waals surface area (Å²) in [5.74, 6) is 0.794. The molecular weight excluding hydrogens is 160 g/mol. The summed E-state index contributed by atoms with van der Waals surface area (Å²) in [5, 5.41) is 6.21. The molecule has 0 aliphatic heterocycles. The summed E-state index contributed by atoms with van der Waals surface area (Å²) in [6.45, 7) is 1.89. The molecule has 0 aromatic carbocycles. The Morgan fingerprint density at radius 2 is 2.55 bits per heavy atom. The van der Waals surface area contributed by atoms with Gasteiger partial charge in [-0.05, 0) is 19.1 Å². The van der Waals surface area contributed by atoms with E-state index >= 15 is 0 Å². The maximum Gasteiger partial charge on any atom is 0.151 e. The molecule has 1 aromatic heterocycles. The van der Waals surface area contributed by atoms with Crippen LogP contribution in [0.25, 0.3) is 0 Å². The summed E-state index contributed by atoms with van der Waals surface area (Å²) in [6.07, 6.45) is 1.49. The van der Waals surface area contributed by atoms with E-state index in [-0.39, 0.29) is 6.04 Å². The second-order valence-corrected chi connectivity index (χ2v) is 2.32. The van der Waals surface area contributed by atoms with Crippen molar-refractivity contribution in [2.24, 2.45) is 12.0 Å². The van der Waals surface area contributed by atoms with Crippen molar-refractivity contribution in [3.05, 3.63) is 12.2 Å². The lowest BCUT2D eigenvalue weighted by Crippen LogP contribution is -2.01. The van der Waals surface area contributed by atoms with E-state index in [4.69, 9.17) is 0 Å². The van der Waals surface area contributed by atoms with Gasteiger partial charge in [0.05, 0.1) is 5.16 Å². The Hall–Kier alpha value is -1.06. The molecule has 0 amide bonds. The Bertz CT molecular complexity index is 287. The number of nitrogens with zero attached hydrogens (tertiary/aromatic N) is 4. The van der Waals surface area contributed by atoms with E-state index in [2.05, 4.69) is 32.5 Å². The van der Waals surface area contributed by atoms with Gasteiger partial charge < -0.3 is 0 Å². The van der Waals surface area contributed by atoms with Crippen molar-refractivity contribution in [2.75, 3.05) is 0 Å². The normalized spacial score (nSPS) is 12.2. The summed E-state index contributed by atoms with van der Waals surface area (Å²) in [4.78, 5) is 7.88. The minimum atomic E-state index is -0.0556. The standard InChI is InChI=1S/C6H8N4S/c1-5(8-4-11)6-7-3-9-10(6)2/h3,5H,1-2H3. The Morgan fingerprint density at radius 3 is 3.00 bits per heavy atom. The van der Waals surface area contributed by atoms with Crippen LogP contribution in [0.2, 0.25) is 0 Å². The van der Waals surface area contributed by atoms with E-state index in [0.29, 0.717) is 0 Å². The molecule has 0 aliphatic rings. The SMILES string of the molecule is CC(N=C=S)c1ncnn1C. The highest BCUT2D eigenvalue weighted by Gasteiger charge is 2.07. The van der Waals surface area contributed by atoms with Crippen LogP contribution >= 0.6 is 12.2 Å². The third kappa shape index (κ3) is 1.69. The van der Waals surface area contributed by atoms with Crippen LogP contribution in [0.4, 0.5) is 0 Å². The zero-order chi connectivity index (χ0) is 8.27. The van der Waals surface area contributed by atoms with Gasteiger partial charge in [-0.3, -0.25) is 4.68 Å². The minimum Gasteiger partial charge on any atom is -0.251 e. The highest BCUT2D eigenvalue weighted by atomic mass is 32.1. The molecule has 0 saturated carbocycles. The Labute approximate surface area is 70.0 Å². The van der Waals surface area contributed by atoms with Crippen LogP contribution in [0.3, 0.4) is 0 Å². The first-order valence-corrected chi connectivity index (χ1v) is 3.57. The highest BCUT2D eigenvalue weighted by Crippen LogP contribution is 2.10. The molecule has 5 heteroatoms. The van der Waals surface area contributed by atoms with Crippen molar-refractivity contribution >= 4 is 17.4 Å². The van der Waals surface area contributed by atoms with Gasteiger partial charge in [0.2, 0.25) is 0 Å². The number of aryl methyl sites for hydroxylation is 1. The van der Waals surface area contributed by atoms with E-state index in [0.717, 1.165) is 5.82 Å². The number of hydrogen-bond acceptors (Lipinski definition) is 4. The summed E-state index contributed by atoms with van der Waals surface area (Å²) >= 11 is 4.47. The van der Waals surface area contributed by atoms with Crippen molar-refractivity contribution < 1.29 is 0 Å². The molecule has 0 bridgehead atoms. The van der Waals surface area contributed by atoms with E-state index in [9.17, 15) is 0 Å². The Morgan fingerprint density at radius 1 is 1.82 bits per heavy atom. The average Bonchev–Trinajstić information content (AvgIpc) is 2.36. The lowest BCUT2D eigenvalue weighted by molar-refractivity contribution is 0.643. The predicted octanol–water partition coefficient (Wildman–Crippen LogP) is 0.979. The molecule has 4 nitrogen and oxygen atoms in total. The van der Waals surface area contributed by atoms with Crippen LogP contribution in [0.5, 0.6) is 0 Å². The van der Waals surface area contributed by atoms with Crippen LogP contribution < -0.4 is 0 Å². The quantitative estimate of drug-likeness (QED) is 0.488. The van der Waals surface area contributed by atoms with Crippen LogP contribution in [0.15, 0.2) is 11.3 Å². The lowest BCUT2D eigenvalue weighted by Gasteiger charge is -2.01. The zero-order valence-electron chi connectivity index (χ0n) is 6.35. The number of hydrogen-bond donors (Lipinski definition) is 0. The maximum atomic E-state index is 4.47. The van der Waals surface area contributed by atoms with Gasteiger partial charge in [0.25, 0.3) is 0 Å². The molecule has 0 saturated heterocycles. The van der Waals surface area contributed by atoms with Gasteiger partial charge in [0.1, 0.15) is 12.4 Å². The molecule has 1 rings (SSSR count). The first-order valence-electron chi connectivity index (χ1n) is 3.16. The Kier molecular flexibility index (Phi) is 2.46. The third-order valence-electron chi connectivity index (χ3n) is 1.37. The molecule has 0 radical (unpaired) electrons. The van der Waals surface area contributed by atoms with Crippen LogP contribution in [-0.2, 0) is 7.05 Å². The van der Waals surface area contributed by atoms with Gasteiger partial charge in [0, 0.05) is 7.05 Å². The molecule has 11 heavy (non-hydrogen) atoms.